The Morgan fingerprint density at radius 1 is 1.21 bits per heavy atom. The van der Waals surface area contributed by atoms with E-state index in [1.54, 1.807) is 0 Å². The summed E-state index contributed by atoms with van der Waals surface area (Å²) in [5.74, 6) is 0.634. The number of likely N-dealkylation sites (N-methyl/N-ethyl adjacent to an activating group) is 1. The van der Waals surface area contributed by atoms with Crippen LogP contribution in [0.2, 0.25) is 0 Å². The van der Waals surface area contributed by atoms with Crippen LogP contribution in [-0.4, -0.2) is 26.3 Å². The molecule has 0 heterocycles. The average Bonchev–Trinajstić information content (AvgIpc) is 2.01. The van der Waals surface area contributed by atoms with E-state index in [2.05, 4.69) is 39.9 Å². The van der Waals surface area contributed by atoms with Gasteiger partial charge < -0.3 is 10.1 Å². The van der Waals surface area contributed by atoms with E-state index in [1.165, 1.54) is 0 Å². The molecule has 2 nitrogen and oxygen atoms in total. The first kappa shape index (κ1) is 13.9. The van der Waals surface area contributed by atoms with Crippen molar-refractivity contribution in [2.24, 2.45) is 11.3 Å². The van der Waals surface area contributed by atoms with Crippen LogP contribution in [0.1, 0.15) is 41.0 Å². The molecule has 14 heavy (non-hydrogen) atoms. The summed E-state index contributed by atoms with van der Waals surface area (Å²) in [6.07, 6.45) is 1.13. The van der Waals surface area contributed by atoms with Crippen molar-refractivity contribution in [3.8, 4) is 0 Å². The van der Waals surface area contributed by atoms with Crippen molar-refractivity contribution in [2.45, 2.75) is 47.1 Å². The maximum atomic E-state index is 5.66. The fourth-order valence-electron chi connectivity index (χ4n) is 1.20. The van der Waals surface area contributed by atoms with Gasteiger partial charge in [-0.3, -0.25) is 0 Å². The van der Waals surface area contributed by atoms with Crippen molar-refractivity contribution >= 4 is 0 Å². The van der Waals surface area contributed by atoms with Gasteiger partial charge in [-0.25, -0.2) is 0 Å². The maximum absolute atomic E-state index is 5.66. The van der Waals surface area contributed by atoms with Gasteiger partial charge in [-0.05, 0) is 24.8 Å². The largest absolute Gasteiger partial charge is 0.380 e. The minimum Gasteiger partial charge on any atom is -0.380 e. The fraction of sp³-hybridized carbons (Fsp3) is 1.00. The topological polar surface area (TPSA) is 21.3 Å². The normalized spacial score (nSPS) is 14.8. The number of hydrogen-bond donors (Lipinski definition) is 1. The van der Waals surface area contributed by atoms with Gasteiger partial charge in [-0.1, -0.05) is 34.6 Å². The Labute approximate surface area is 89.4 Å². The predicted octanol–water partition coefficient (Wildman–Crippen LogP) is 2.68. The summed E-state index contributed by atoms with van der Waals surface area (Å²) in [5, 5.41) is 3.27. The summed E-state index contributed by atoms with van der Waals surface area (Å²) >= 11 is 0. The summed E-state index contributed by atoms with van der Waals surface area (Å²) in [6.45, 7) is 12.9. The Hall–Kier alpha value is -0.0800. The van der Waals surface area contributed by atoms with E-state index in [-0.39, 0.29) is 0 Å². The summed E-state index contributed by atoms with van der Waals surface area (Å²) in [5.41, 5.74) is 0.382. The highest BCUT2D eigenvalue weighted by molar-refractivity contribution is 4.67. The fourth-order valence-corrected chi connectivity index (χ4v) is 1.20. The Morgan fingerprint density at radius 3 is 2.14 bits per heavy atom. The molecule has 0 aliphatic carbocycles. The molecule has 0 saturated carbocycles. The Bertz CT molecular complexity index is 138. The molecular weight excluding hydrogens is 174 g/mol. The Balaban J connectivity index is 3.52. The number of rotatable bonds is 6. The standard InChI is InChI=1S/C12H27NO/c1-10(2)11(13-6)9-14-8-7-12(3,4)5/h10-11,13H,7-9H2,1-6H3. The molecular formula is C12H27NO. The van der Waals surface area contributed by atoms with Crippen molar-refractivity contribution in [3.63, 3.8) is 0 Å². The third-order valence-electron chi connectivity index (χ3n) is 2.47. The van der Waals surface area contributed by atoms with Gasteiger partial charge in [0.25, 0.3) is 0 Å². The van der Waals surface area contributed by atoms with Crippen molar-refractivity contribution in [1.29, 1.82) is 0 Å². The molecule has 0 saturated heterocycles. The van der Waals surface area contributed by atoms with Crippen LogP contribution in [0.5, 0.6) is 0 Å². The van der Waals surface area contributed by atoms with Crippen LogP contribution in [0.15, 0.2) is 0 Å². The molecule has 0 bridgehead atoms. The second kappa shape index (κ2) is 6.41. The lowest BCUT2D eigenvalue weighted by molar-refractivity contribution is 0.0813. The van der Waals surface area contributed by atoms with Crippen molar-refractivity contribution < 1.29 is 4.74 Å². The molecule has 0 spiro atoms. The summed E-state index contributed by atoms with van der Waals surface area (Å²) < 4.78 is 5.66. The molecule has 0 aromatic rings. The summed E-state index contributed by atoms with van der Waals surface area (Å²) in [4.78, 5) is 0. The lowest BCUT2D eigenvalue weighted by Crippen LogP contribution is -2.35. The zero-order valence-electron chi connectivity index (χ0n) is 10.7. The molecule has 1 unspecified atom stereocenters. The second-order valence-electron chi connectivity index (χ2n) is 5.52. The number of hydrogen-bond acceptors (Lipinski definition) is 2. The Kier molecular flexibility index (Phi) is 6.38. The average molecular weight is 201 g/mol. The molecule has 0 rings (SSSR count). The third-order valence-corrected chi connectivity index (χ3v) is 2.47. The van der Waals surface area contributed by atoms with Crippen LogP contribution < -0.4 is 5.32 Å². The third kappa shape index (κ3) is 7.34. The first-order valence-electron chi connectivity index (χ1n) is 5.62. The van der Waals surface area contributed by atoms with E-state index < -0.39 is 0 Å². The maximum Gasteiger partial charge on any atom is 0.0621 e. The van der Waals surface area contributed by atoms with Crippen LogP contribution in [0.3, 0.4) is 0 Å². The molecule has 0 fully saturated rings. The van der Waals surface area contributed by atoms with Gasteiger partial charge in [-0.15, -0.1) is 0 Å². The first-order valence-corrected chi connectivity index (χ1v) is 5.62. The minimum absolute atomic E-state index is 0.382. The number of ether oxygens (including phenoxy) is 1. The molecule has 0 aromatic heterocycles. The molecule has 0 aliphatic rings. The zero-order valence-corrected chi connectivity index (χ0v) is 10.7. The highest BCUT2D eigenvalue weighted by atomic mass is 16.5. The van der Waals surface area contributed by atoms with Gasteiger partial charge >= 0.3 is 0 Å². The van der Waals surface area contributed by atoms with E-state index in [9.17, 15) is 0 Å². The van der Waals surface area contributed by atoms with Gasteiger partial charge in [0.1, 0.15) is 0 Å². The van der Waals surface area contributed by atoms with E-state index in [0.29, 0.717) is 17.4 Å². The van der Waals surface area contributed by atoms with Crippen molar-refractivity contribution in [2.75, 3.05) is 20.3 Å². The van der Waals surface area contributed by atoms with Gasteiger partial charge in [0.05, 0.1) is 6.61 Å². The molecule has 86 valence electrons. The summed E-state index contributed by atoms with van der Waals surface area (Å²) in [6, 6.07) is 0.481. The van der Waals surface area contributed by atoms with E-state index in [0.717, 1.165) is 19.6 Å². The molecule has 0 aromatic carbocycles. The summed E-state index contributed by atoms with van der Waals surface area (Å²) in [7, 11) is 2.00. The highest BCUT2D eigenvalue weighted by Crippen LogP contribution is 2.18. The van der Waals surface area contributed by atoms with E-state index in [4.69, 9.17) is 4.74 Å². The molecule has 1 atom stereocenters. The molecule has 0 aliphatic heterocycles. The lowest BCUT2D eigenvalue weighted by Gasteiger charge is -2.22. The van der Waals surface area contributed by atoms with Crippen molar-refractivity contribution in [1.82, 2.24) is 5.32 Å². The van der Waals surface area contributed by atoms with E-state index in [1.807, 2.05) is 7.05 Å². The highest BCUT2D eigenvalue weighted by Gasteiger charge is 2.12. The zero-order chi connectivity index (χ0) is 11.2. The number of nitrogens with one attached hydrogen (secondary N) is 1. The molecule has 2 heteroatoms. The molecule has 0 radical (unpaired) electrons. The quantitative estimate of drug-likeness (QED) is 0.667. The Morgan fingerprint density at radius 2 is 1.79 bits per heavy atom. The SMILES string of the molecule is CNC(COCCC(C)(C)C)C(C)C. The predicted molar refractivity (Wildman–Crippen MR) is 62.6 cm³/mol. The molecule has 1 N–H and O–H groups in total. The van der Waals surface area contributed by atoms with Gasteiger partial charge in [0.15, 0.2) is 0 Å². The molecule has 0 amide bonds. The van der Waals surface area contributed by atoms with Crippen LogP contribution in [0.25, 0.3) is 0 Å². The van der Waals surface area contributed by atoms with Crippen LogP contribution in [0, 0.1) is 11.3 Å². The van der Waals surface area contributed by atoms with Gasteiger partial charge in [-0.2, -0.15) is 0 Å². The second-order valence-corrected chi connectivity index (χ2v) is 5.52. The van der Waals surface area contributed by atoms with Gasteiger partial charge in [0.2, 0.25) is 0 Å². The van der Waals surface area contributed by atoms with Gasteiger partial charge in [0, 0.05) is 12.6 Å². The van der Waals surface area contributed by atoms with Crippen LogP contribution >= 0.6 is 0 Å². The van der Waals surface area contributed by atoms with Crippen LogP contribution in [0.4, 0.5) is 0 Å². The van der Waals surface area contributed by atoms with Crippen LogP contribution in [-0.2, 0) is 4.74 Å². The lowest BCUT2D eigenvalue weighted by atomic mass is 9.93. The first-order chi connectivity index (χ1) is 6.37. The van der Waals surface area contributed by atoms with E-state index >= 15 is 0 Å². The smallest absolute Gasteiger partial charge is 0.0621 e. The monoisotopic (exact) mass is 201 g/mol. The minimum atomic E-state index is 0.382. The van der Waals surface area contributed by atoms with Crippen molar-refractivity contribution in [3.05, 3.63) is 0 Å².